The maximum atomic E-state index is 12.5. The van der Waals surface area contributed by atoms with Crippen molar-refractivity contribution in [2.24, 2.45) is 0 Å². The minimum Gasteiger partial charge on any atom is -0.378 e. The molecule has 25 heavy (non-hydrogen) atoms. The van der Waals surface area contributed by atoms with E-state index in [4.69, 9.17) is 4.74 Å². The van der Waals surface area contributed by atoms with Crippen molar-refractivity contribution < 1.29 is 9.53 Å². The van der Waals surface area contributed by atoms with Gasteiger partial charge in [0.2, 0.25) is 0 Å². The number of rotatable bonds is 6. The van der Waals surface area contributed by atoms with Gasteiger partial charge in [-0.1, -0.05) is 0 Å². The van der Waals surface area contributed by atoms with Crippen molar-refractivity contribution in [1.82, 2.24) is 19.7 Å². The first-order valence-electron chi connectivity index (χ1n) is 8.80. The minimum absolute atomic E-state index is 0.0228. The molecule has 2 aromatic heterocycles. The van der Waals surface area contributed by atoms with E-state index in [9.17, 15) is 4.79 Å². The number of amides is 1. The first-order valence-corrected chi connectivity index (χ1v) is 8.80. The van der Waals surface area contributed by atoms with Crippen LogP contribution in [0.15, 0.2) is 30.7 Å². The second-order valence-corrected chi connectivity index (χ2v) is 6.03. The van der Waals surface area contributed by atoms with Crippen LogP contribution in [0.2, 0.25) is 0 Å². The van der Waals surface area contributed by atoms with E-state index in [-0.39, 0.29) is 5.91 Å². The summed E-state index contributed by atoms with van der Waals surface area (Å²) in [5, 5.41) is 4.31. The summed E-state index contributed by atoms with van der Waals surface area (Å²) in [4.78, 5) is 21.0. The fourth-order valence-electron chi connectivity index (χ4n) is 2.88. The van der Waals surface area contributed by atoms with Gasteiger partial charge in [0, 0.05) is 50.7 Å². The molecule has 1 fully saturated rings. The summed E-state index contributed by atoms with van der Waals surface area (Å²) in [6, 6.07) is 3.78. The molecule has 1 aliphatic heterocycles. The topological polar surface area (TPSA) is 63.5 Å². The van der Waals surface area contributed by atoms with Gasteiger partial charge in [0.15, 0.2) is 0 Å². The van der Waals surface area contributed by atoms with Gasteiger partial charge in [-0.25, -0.2) is 4.98 Å². The summed E-state index contributed by atoms with van der Waals surface area (Å²) >= 11 is 0. The lowest BCUT2D eigenvalue weighted by Crippen LogP contribution is -2.40. The maximum Gasteiger partial charge on any atom is 0.255 e. The largest absolute Gasteiger partial charge is 0.378 e. The zero-order valence-corrected chi connectivity index (χ0v) is 14.9. The fraction of sp³-hybridized carbons (Fsp3) is 0.500. The summed E-state index contributed by atoms with van der Waals surface area (Å²) in [5.41, 5.74) is 1.78. The van der Waals surface area contributed by atoms with E-state index < -0.39 is 0 Å². The van der Waals surface area contributed by atoms with E-state index >= 15 is 0 Å². The van der Waals surface area contributed by atoms with Crippen molar-refractivity contribution in [1.29, 1.82) is 0 Å². The van der Waals surface area contributed by atoms with Crippen LogP contribution in [0.5, 0.6) is 0 Å². The van der Waals surface area contributed by atoms with E-state index in [1.807, 2.05) is 27.9 Å². The van der Waals surface area contributed by atoms with E-state index in [0.717, 1.165) is 31.0 Å². The molecular formula is C18H25N5O2. The molecule has 0 atom stereocenters. The average molecular weight is 343 g/mol. The molecule has 0 N–H and O–H groups in total. The molecule has 0 unspecified atom stereocenters. The number of carbonyl (C=O) groups excluding carboxylic acids is 1. The summed E-state index contributed by atoms with van der Waals surface area (Å²) in [6.07, 6.45) is 5.62. The molecule has 3 heterocycles. The third kappa shape index (κ3) is 4.17. The Morgan fingerprint density at radius 1 is 1.24 bits per heavy atom. The lowest BCUT2D eigenvalue weighted by Gasteiger charge is -2.27. The Balaban J connectivity index is 1.67. The quantitative estimate of drug-likeness (QED) is 0.800. The second kappa shape index (κ2) is 8.11. The number of carbonyl (C=O) groups is 1. The molecule has 0 saturated carbocycles. The van der Waals surface area contributed by atoms with Crippen molar-refractivity contribution in [3.63, 3.8) is 0 Å². The molecule has 1 aliphatic rings. The summed E-state index contributed by atoms with van der Waals surface area (Å²) in [5.74, 6) is 0.889. The summed E-state index contributed by atoms with van der Waals surface area (Å²) < 4.78 is 7.21. The molecule has 1 amide bonds. The molecule has 0 aliphatic carbocycles. The molecule has 134 valence electrons. The molecule has 0 spiro atoms. The lowest BCUT2D eigenvalue weighted by atomic mass is 10.2. The second-order valence-electron chi connectivity index (χ2n) is 6.03. The number of ether oxygens (including phenoxy) is 1. The molecule has 7 nitrogen and oxygen atoms in total. The third-order valence-electron chi connectivity index (χ3n) is 4.38. The first kappa shape index (κ1) is 17.4. The third-order valence-corrected chi connectivity index (χ3v) is 4.38. The number of morpholine rings is 1. The maximum absolute atomic E-state index is 12.5. The van der Waals surface area contributed by atoms with Gasteiger partial charge in [-0.3, -0.25) is 9.48 Å². The number of nitrogens with zero attached hydrogens (tertiary/aromatic N) is 5. The number of aromatic nitrogens is 3. The van der Waals surface area contributed by atoms with E-state index in [1.165, 1.54) is 0 Å². The highest BCUT2D eigenvalue weighted by atomic mass is 16.5. The molecule has 0 bridgehead atoms. The molecular weight excluding hydrogens is 318 g/mol. The number of hydrogen-bond acceptors (Lipinski definition) is 5. The predicted molar refractivity (Wildman–Crippen MR) is 95.6 cm³/mol. The summed E-state index contributed by atoms with van der Waals surface area (Å²) in [7, 11) is 0. The molecule has 2 aromatic rings. The van der Waals surface area contributed by atoms with Gasteiger partial charge in [-0.05, 0) is 26.0 Å². The Morgan fingerprint density at radius 2 is 2.04 bits per heavy atom. The van der Waals surface area contributed by atoms with Gasteiger partial charge < -0.3 is 14.5 Å². The van der Waals surface area contributed by atoms with Crippen LogP contribution in [0, 0.1) is 0 Å². The van der Waals surface area contributed by atoms with Crippen LogP contribution < -0.4 is 4.90 Å². The van der Waals surface area contributed by atoms with Crippen LogP contribution in [-0.4, -0.2) is 58.4 Å². The van der Waals surface area contributed by atoms with Crippen LogP contribution >= 0.6 is 0 Å². The monoisotopic (exact) mass is 343 g/mol. The van der Waals surface area contributed by atoms with Crippen molar-refractivity contribution in [3.8, 4) is 0 Å². The highest BCUT2D eigenvalue weighted by Crippen LogP contribution is 2.16. The molecule has 0 aromatic carbocycles. The summed E-state index contributed by atoms with van der Waals surface area (Å²) in [6.45, 7) is 9.10. The molecule has 0 radical (unpaired) electrons. The zero-order chi connectivity index (χ0) is 17.6. The SMILES string of the molecule is CCN(Cc1cnn(CC)c1)c1ccc(C(=O)N2CCOCC2)cn1. The Morgan fingerprint density at radius 3 is 2.64 bits per heavy atom. The van der Waals surface area contributed by atoms with Gasteiger partial charge in [-0.2, -0.15) is 5.10 Å². The highest BCUT2D eigenvalue weighted by molar-refractivity contribution is 5.94. The van der Waals surface area contributed by atoms with Gasteiger partial charge in [0.25, 0.3) is 5.91 Å². The van der Waals surface area contributed by atoms with E-state index in [1.54, 1.807) is 6.20 Å². The highest BCUT2D eigenvalue weighted by Gasteiger charge is 2.19. The van der Waals surface area contributed by atoms with Crippen molar-refractivity contribution >= 4 is 11.7 Å². The molecule has 7 heteroatoms. The van der Waals surface area contributed by atoms with Crippen LogP contribution in [0.4, 0.5) is 5.82 Å². The standard InChI is InChI=1S/C18H25N5O2/c1-3-21(13-15-11-20-23(4-2)14-15)17-6-5-16(12-19-17)18(24)22-7-9-25-10-8-22/h5-6,11-12,14H,3-4,7-10,13H2,1-2H3. The average Bonchev–Trinajstić information content (AvgIpc) is 3.14. The van der Waals surface area contributed by atoms with Gasteiger partial charge >= 0.3 is 0 Å². The van der Waals surface area contributed by atoms with Gasteiger partial charge in [0.1, 0.15) is 5.82 Å². The fourth-order valence-corrected chi connectivity index (χ4v) is 2.88. The first-order chi connectivity index (χ1) is 12.2. The number of hydrogen-bond donors (Lipinski definition) is 0. The predicted octanol–water partition coefficient (Wildman–Crippen LogP) is 1.80. The van der Waals surface area contributed by atoms with E-state index in [0.29, 0.717) is 31.9 Å². The molecule has 1 saturated heterocycles. The van der Waals surface area contributed by atoms with E-state index in [2.05, 4.69) is 35.0 Å². The van der Waals surface area contributed by atoms with Crippen molar-refractivity contribution in [3.05, 3.63) is 41.9 Å². The number of aryl methyl sites for hydroxylation is 1. The van der Waals surface area contributed by atoms with Crippen LogP contribution in [0.3, 0.4) is 0 Å². The minimum atomic E-state index is 0.0228. The van der Waals surface area contributed by atoms with Gasteiger partial charge in [-0.15, -0.1) is 0 Å². The van der Waals surface area contributed by atoms with Crippen molar-refractivity contribution in [2.45, 2.75) is 26.9 Å². The van der Waals surface area contributed by atoms with Crippen LogP contribution in [0.1, 0.15) is 29.8 Å². The van der Waals surface area contributed by atoms with Gasteiger partial charge in [0.05, 0.1) is 25.0 Å². The van der Waals surface area contributed by atoms with Crippen LogP contribution in [0.25, 0.3) is 0 Å². The normalized spacial score (nSPS) is 14.6. The number of pyridine rings is 1. The Labute approximate surface area is 148 Å². The lowest BCUT2D eigenvalue weighted by molar-refractivity contribution is 0.0302. The zero-order valence-electron chi connectivity index (χ0n) is 14.9. The Bertz CT molecular complexity index is 692. The number of anilines is 1. The Hall–Kier alpha value is -2.41. The molecule has 3 rings (SSSR count). The van der Waals surface area contributed by atoms with Crippen LogP contribution in [-0.2, 0) is 17.8 Å². The Kier molecular flexibility index (Phi) is 5.65. The smallest absolute Gasteiger partial charge is 0.255 e. The van der Waals surface area contributed by atoms with Crippen molar-refractivity contribution in [2.75, 3.05) is 37.7 Å².